The van der Waals surface area contributed by atoms with Gasteiger partial charge >= 0.3 is 0 Å². The first kappa shape index (κ1) is 15.4. The lowest BCUT2D eigenvalue weighted by atomic mass is 9.84. The van der Waals surface area contributed by atoms with E-state index < -0.39 is 0 Å². The molecule has 0 heteroatoms. The topological polar surface area (TPSA) is 0 Å². The van der Waals surface area contributed by atoms with Crippen molar-refractivity contribution in [1.29, 1.82) is 0 Å². The molecule has 0 aromatic carbocycles. The zero-order valence-electron chi connectivity index (χ0n) is 13.4. The van der Waals surface area contributed by atoms with Crippen LogP contribution in [-0.2, 0) is 0 Å². The lowest BCUT2D eigenvalue weighted by molar-refractivity contribution is 0.409. The average Bonchev–Trinajstić information content (AvgIpc) is 2.90. The summed E-state index contributed by atoms with van der Waals surface area (Å²) in [7, 11) is 0. The summed E-state index contributed by atoms with van der Waals surface area (Å²) in [6.45, 7) is 6.93. The van der Waals surface area contributed by atoms with Gasteiger partial charge in [0.15, 0.2) is 0 Å². The second-order valence-electron chi connectivity index (χ2n) is 6.42. The molecule has 0 bridgehead atoms. The molecule has 0 aliphatic heterocycles. The highest BCUT2D eigenvalue weighted by atomic mass is 14.4. The second-order valence-corrected chi connectivity index (χ2v) is 6.42. The van der Waals surface area contributed by atoms with Crippen molar-refractivity contribution >= 4 is 0 Å². The highest BCUT2D eigenvalue weighted by molar-refractivity contribution is 5.24. The van der Waals surface area contributed by atoms with Crippen molar-refractivity contribution in [2.75, 3.05) is 0 Å². The fourth-order valence-corrected chi connectivity index (χ4v) is 3.65. The van der Waals surface area contributed by atoms with Crippen LogP contribution >= 0.6 is 0 Å². The van der Waals surface area contributed by atoms with Crippen molar-refractivity contribution in [2.45, 2.75) is 52.9 Å². The number of fused-ring (bicyclic) bond motifs is 1. The molecule has 3 atom stereocenters. The monoisotopic (exact) mass is 270 g/mol. The van der Waals surface area contributed by atoms with Gasteiger partial charge in [0, 0.05) is 0 Å². The maximum atomic E-state index is 2.48. The third-order valence-electron chi connectivity index (χ3n) is 4.98. The molecular weight excluding hydrogens is 240 g/mol. The van der Waals surface area contributed by atoms with E-state index in [1.54, 1.807) is 5.57 Å². The summed E-state index contributed by atoms with van der Waals surface area (Å²) in [5.74, 6) is 3.16. The second kappa shape index (κ2) is 7.67. The minimum absolute atomic E-state index is 0.705. The van der Waals surface area contributed by atoms with Gasteiger partial charge in [-0.15, -0.1) is 0 Å². The van der Waals surface area contributed by atoms with E-state index in [1.165, 1.54) is 25.7 Å². The fourth-order valence-electron chi connectivity index (χ4n) is 3.65. The van der Waals surface area contributed by atoms with Crippen LogP contribution in [0.25, 0.3) is 0 Å². The summed E-state index contributed by atoms with van der Waals surface area (Å²) >= 11 is 0. The minimum atomic E-state index is 0.705. The van der Waals surface area contributed by atoms with Crippen LogP contribution in [0.15, 0.2) is 48.1 Å². The summed E-state index contributed by atoms with van der Waals surface area (Å²) in [5, 5.41) is 0. The van der Waals surface area contributed by atoms with Gasteiger partial charge in [-0.25, -0.2) is 0 Å². The Hall–Kier alpha value is -1.04. The van der Waals surface area contributed by atoms with Crippen molar-refractivity contribution in [3.63, 3.8) is 0 Å². The van der Waals surface area contributed by atoms with Crippen molar-refractivity contribution < 1.29 is 0 Å². The Labute approximate surface area is 125 Å². The highest BCUT2D eigenvalue weighted by Gasteiger charge is 2.35. The molecule has 0 N–H and O–H groups in total. The smallest absolute Gasteiger partial charge is 0.0164 e. The van der Waals surface area contributed by atoms with E-state index in [0.29, 0.717) is 5.92 Å². The normalized spacial score (nSPS) is 30.9. The predicted molar refractivity (Wildman–Crippen MR) is 89.6 cm³/mol. The van der Waals surface area contributed by atoms with Crippen molar-refractivity contribution in [3.05, 3.63) is 48.1 Å². The van der Waals surface area contributed by atoms with Crippen molar-refractivity contribution in [1.82, 2.24) is 0 Å². The van der Waals surface area contributed by atoms with E-state index in [1.807, 2.05) is 0 Å². The summed E-state index contributed by atoms with van der Waals surface area (Å²) in [5.41, 5.74) is 1.57. The van der Waals surface area contributed by atoms with Crippen LogP contribution in [0.1, 0.15) is 52.9 Å². The van der Waals surface area contributed by atoms with Crippen molar-refractivity contribution in [3.8, 4) is 0 Å². The van der Waals surface area contributed by atoms with Crippen LogP contribution in [-0.4, -0.2) is 0 Å². The molecule has 0 nitrogen and oxygen atoms in total. The Bertz CT molecular complexity index is 388. The molecule has 0 radical (unpaired) electrons. The largest absolute Gasteiger partial charge is 0.0845 e. The number of allylic oxidation sites excluding steroid dienone is 8. The molecule has 0 saturated heterocycles. The molecule has 0 heterocycles. The van der Waals surface area contributed by atoms with Crippen molar-refractivity contribution in [2.24, 2.45) is 23.7 Å². The highest BCUT2D eigenvalue weighted by Crippen LogP contribution is 2.44. The van der Waals surface area contributed by atoms with Crippen LogP contribution in [0.5, 0.6) is 0 Å². The predicted octanol–water partition coefficient (Wildman–Crippen LogP) is 6.08. The Morgan fingerprint density at radius 1 is 1.15 bits per heavy atom. The molecule has 3 unspecified atom stereocenters. The van der Waals surface area contributed by atoms with Gasteiger partial charge in [0.2, 0.25) is 0 Å². The summed E-state index contributed by atoms with van der Waals surface area (Å²) in [6.07, 6.45) is 22.8. The number of rotatable bonds is 6. The molecular formula is C20H30. The maximum Gasteiger partial charge on any atom is -0.0164 e. The zero-order valence-corrected chi connectivity index (χ0v) is 13.4. The van der Waals surface area contributed by atoms with E-state index in [2.05, 4.69) is 63.3 Å². The lowest BCUT2D eigenvalue weighted by Gasteiger charge is -2.21. The molecule has 0 aromatic heterocycles. The third-order valence-corrected chi connectivity index (χ3v) is 4.98. The average molecular weight is 270 g/mol. The summed E-state index contributed by atoms with van der Waals surface area (Å²) in [4.78, 5) is 0. The van der Waals surface area contributed by atoms with Crippen LogP contribution in [0.4, 0.5) is 0 Å². The van der Waals surface area contributed by atoms with Gasteiger partial charge in [-0.05, 0) is 54.9 Å². The maximum absolute atomic E-state index is 2.48. The fraction of sp³-hybridized carbons (Fsp3) is 0.600. The molecule has 110 valence electrons. The molecule has 2 aliphatic carbocycles. The molecule has 1 saturated carbocycles. The quantitative estimate of drug-likeness (QED) is 0.513. The first-order valence-electron chi connectivity index (χ1n) is 8.47. The number of hydrogen-bond donors (Lipinski definition) is 0. The summed E-state index contributed by atoms with van der Waals surface area (Å²) in [6, 6.07) is 0. The molecule has 2 rings (SSSR count). The lowest BCUT2D eigenvalue weighted by Crippen LogP contribution is -2.10. The Morgan fingerprint density at radius 2 is 1.80 bits per heavy atom. The van der Waals surface area contributed by atoms with Gasteiger partial charge in [-0.1, -0.05) is 69.7 Å². The molecule has 0 amide bonds. The van der Waals surface area contributed by atoms with E-state index >= 15 is 0 Å². The van der Waals surface area contributed by atoms with Crippen LogP contribution < -0.4 is 0 Å². The van der Waals surface area contributed by atoms with Gasteiger partial charge in [-0.2, -0.15) is 0 Å². The Balaban J connectivity index is 2.04. The summed E-state index contributed by atoms with van der Waals surface area (Å²) < 4.78 is 0. The van der Waals surface area contributed by atoms with Gasteiger partial charge in [0.1, 0.15) is 0 Å². The first-order valence-corrected chi connectivity index (χ1v) is 8.47. The standard InChI is InChI=1S/C20H30/c1-4-6-10-17(11-7-5-2)16(3)20-14-18-12-8-9-13-19(18)15-20/h6,8-13,16,18-20H,4-5,7,14-15H2,1-3H3. The van der Waals surface area contributed by atoms with Crippen LogP contribution in [0, 0.1) is 23.7 Å². The number of unbranched alkanes of at least 4 members (excludes halogenated alkanes) is 1. The Morgan fingerprint density at radius 3 is 2.35 bits per heavy atom. The molecule has 1 fully saturated rings. The Kier molecular flexibility index (Phi) is 5.88. The number of hydrogen-bond acceptors (Lipinski definition) is 0. The molecule has 0 aromatic rings. The molecule has 0 spiro atoms. The molecule has 20 heavy (non-hydrogen) atoms. The van der Waals surface area contributed by atoms with Crippen LogP contribution in [0.2, 0.25) is 0 Å². The van der Waals surface area contributed by atoms with Gasteiger partial charge in [0.25, 0.3) is 0 Å². The van der Waals surface area contributed by atoms with E-state index in [0.717, 1.165) is 24.2 Å². The van der Waals surface area contributed by atoms with Crippen LogP contribution in [0.3, 0.4) is 0 Å². The minimum Gasteiger partial charge on any atom is -0.0845 e. The first-order chi connectivity index (χ1) is 9.76. The van der Waals surface area contributed by atoms with Gasteiger partial charge < -0.3 is 0 Å². The van der Waals surface area contributed by atoms with E-state index in [-0.39, 0.29) is 0 Å². The van der Waals surface area contributed by atoms with E-state index in [4.69, 9.17) is 0 Å². The third kappa shape index (κ3) is 3.75. The van der Waals surface area contributed by atoms with E-state index in [9.17, 15) is 0 Å². The van der Waals surface area contributed by atoms with Gasteiger partial charge in [-0.3, -0.25) is 0 Å². The molecule has 2 aliphatic rings. The van der Waals surface area contributed by atoms with Gasteiger partial charge in [0.05, 0.1) is 0 Å². The SMILES string of the molecule is CCC=CC(=CCCC)C(C)C1CC2C=CC=CC2C1. The zero-order chi connectivity index (χ0) is 14.4.